The Kier molecular flexibility index (Phi) is 6.96. The van der Waals surface area contributed by atoms with Gasteiger partial charge in [-0.25, -0.2) is 0 Å². The van der Waals surface area contributed by atoms with Crippen LogP contribution in [0.1, 0.15) is 61.4 Å². The third-order valence-corrected chi connectivity index (χ3v) is 7.20. The molecule has 6 heteroatoms. The first kappa shape index (κ1) is 21.6. The van der Waals surface area contributed by atoms with Crippen LogP contribution in [0, 0.1) is 5.92 Å². The molecule has 1 aromatic carbocycles. The number of hydrogen-bond acceptors (Lipinski definition) is 5. The normalized spacial score (nSPS) is 23.0. The number of likely N-dealkylation sites (tertiary alicyclic amines) is 1. The molecule has 166 valence electrons. The largest absolute Gasteiger partial charge is 0.381 e. The number of rotatable bonds is 7. The molecule has 1 aromatic rings. The first-order chi connectivity index (χ1) is 14.6. The summed E-state index contributed by atoms with van der Waals surface area (Å²) in [4.78, 5) is 17.0. The van der Waals surface area contributed by atoms with Gasteiger partial charge in [0.2, 0.25) is 0 Å². The molecule has 0 aromatic heterocycles. The maximum Gasteiger partial charge on any atom is 0.250 e. The number of hydrogen-bond donors (Lipinski definition) is 1. The number of ether oxygens (including phenoxy) is 2. The smallest absolute Gasteiger partial charge is 0.250 e. The minimum atomic E-state index is -0.355. The summed E-state index contributed by atoms with van der Waals surface area (Å²) in [6.45, 7) is 9.74. The van der Waals surface area contributed by atoms with E-state index in [4.69, 9.17) is 15.2 Å². The molecule has 0 atom stereocenters. The van der Waals surface area contributed by atoms with Crippen LogP contribution in [0.2, 0.25) is 0 Å². The van der Waals surface area contributed by atoms with Crippen LogP contribution in [0.4, 0.5) is 5.69 Å². The fourth-order valence-corrected chi connectivity index (χ4v) is 5.13. The first-order valence-electron chi connectivity index (χ1n) is 11.7. The van der Waals surface area contributed by atoms with E-state index in [2.05, 4.69) is 28.9 Å². The van der Waals surface area contributed by atoms with Gasteiger partial charge in [-0.15, -0.1) is 0 Å². The number of nitrogens with zero attached hydrogens (tertiary/aromatic N) is 2. The molecule has 3 aliphatic heterocycles. The summed E-state index contributed by atoms with van der Waals surface area (Å²) in [5.41, 5.74) is 8.15. The van der Waals surface area contributed by atoms with Crippen LogP contribution in [-0.4, -0.2) is 63.4 Å². The van der Waals surface area contributed by atoms with Crippen molar-refractivity contribution in [3.05, 3.63) is 29.3 Å². The van der Waals surface area contributed by atoms with Crippen LogP contribution in [0.5, 0.6) is 0 Å². The Bertz CT molecular complexity index is 718. The van der Waals surface area contributed by atoms with E-state index in [-0.39, 0.29) is 11.5 Å². The molecule has 3 saturated heterocycles. The van der Waals surface area contributed by atoms with Crippen LogP contribution in [0.3, 0.4) is 0 Å². The monoisotopic (exact) mass is 415 g/mol. The Balaban J connectivity index is 1.57. The van der Waals surface area contributed by atoms with Crippen molar-refractivity contribution in [2.45, 2.75) is 51.0 Å². The van der Waals surface area contributed by atoms with Gasteiger partial charge in [-0.2, -0.15) is 0 Å². The molecular weight excluding hydrogens is 378 g/mol. The maximum absolute atomic E-state index is 12.2. The van der Waals surface area contributed by atoms with Crippen molar-refractivity contribution in [1.29, 1.82) is 0 Å². The molecule has 4 rings (SSSR count). The topological polar surface area (TPSA) is 68.0 Å². The average Bonchev–Trinajstić information content (AvgIpc) is 3.28. The third kappa shape index (κ3) is 4.82. The molecule has 0 unspecified atom stereocenters. The van der Waals surface area contributed by atoms with E-state index in [1.165, 1.54) is 25.9 Å². The number of primary amides is 1. The van der Waals surface area contributed by atoms with E-state index in [1.54, 1.807) is 0 Å². The number of carbonyl (C=O) groups excluding carboxylic acids is 1. The highest BCUT2D eigenvalue weighted by Crippen LogP contribution is 2.39. The number of carbonyl (C=O) groups is 1. The van der Waals surface area contributed by atoms with Crippen molar-refractivity contribution in [2.24, 2.45) is 11.7 Å². The molecule has 6 nitrogen and oxygen atoms in total. The van der Waals surface area contributed by atoms with Gasteiger partial charge < -0.3 is 25.0 Å². The summed E-state index contributed by atoms with van der Waals surface area (Å²) in [5.74, 6) is 0.378. The fourth-order valence-electron chi connectivity index (χ4n) is 5.13. The standard InChI is InChI=1S/C24H37N3O3/c1-19-6-12-27(13-7-19)22-18-20(4-5-21(22)23(25)28)24(8-15-29-16-9-24)30-17-14-26-10-2-3-11-26/h4-5,18-19H,2-3,6-17H2,1H3,(H2,25,28). The molecule has 3 aliphatic rings. The van der Waals surface area contributed by atoms with E-state index in [9.17, 15) is 4.79 Å². The van der Waals surface area contributed by atoms with Crippen LogP contribution in [-0.2, 0) is 15.1 Å². The number of anilines is 1. The zero-order valence-electron chi connectivity index (χ0n) is 18.4. The van der Waals surface area contributed by atoms with Gasteiger partial charge >= 0.3 is 0 Å². The Morgan fingerprint density at radius 2 is 1.87 bits per heavy atom. The van der Waals surface area contributed by atoms with Gasteiger partial charge in [0.25, 0.3) is 5.91 Å². The van der Waals surface area contributed by atoms with E-state index >= 15 is 0 Å². The maximum atomic E-state index is 12.2. The molecule has 0 bridgehead atoms. The summed E-state index contributed by atoms with van der Waals surface area (Å²) in [6, 6.07) is 6.14. The van der Waals surface area contributed by atoms with Gasteiger partial charge in [-0.05, 0) is 62.4 Å². The summed E-state index contributed by atoms with van der Waals surface area (Å²) >= 11 is 0. The summed E-state index contributed by atoms with van der Waals surface area (Å²) in [6.07, 6.45) is 6.58. The predicted octanol–water partition coefficient (Wildman–Crippen LogP) is 3.14. The molecule has 30 heavy (non-hydrogen) atoms. The van der Waals surface area contributed by atoms with Gasteiger partial charge in [0, 0.05) is 51.4 Å². The predicted molar refractivity (Wildman–Crippen MR) is 119 cm³/mol. The van der Waals surface area contributed by atoms with Crippen LogP contribution >= 0.6 is 0 Å². The molecule has 2 N–H and O–H groups in total. The third-order valence-electron chi connectivity index (χ3n) is 7.20. The molecular formula is C24H37N3O3. The van der Waals surface area contributed by atoms with E-state index < -0.39 is 0 Å². The van der Waals surface area contributed by atoms with E-state index in [0.29, 0.717) is 18.8 Å². The number of benzene rings is 1. The van der Waals surface area contributed by atoms with Crippen molar-refractivity contribution in [1.82, 2.24) is 4.90 Å². The highest BCUT2D eigenvalue weighted by atomic mass is 16.5. The number of nitrogens with two attached hydrogens (primary N) is 1. The Morgan fingerprint density at radius 3 is 2.53 bits per heavy atom. The lowest BCUT2D eigenvalue weighted by Crippen LogP contribution is -2.39. The van der Waals surface area contributed by atoms with Gasteiger partial charge in [0.05, 0.1) is 17.8 Å². The second-order valence-corrected chi connectivity index (χ2v) is 9.27. The van der Waals surface area contributed by atoms with Crippen molar-refractivity contribution in [3.8, 4) is 0 Å². The zero-order valence-corrected chi connectivity index (χ0v) is 18.4. The second-order valence-electron chi connectivity index (χ2n) is 9.27. The van der Waals surface area contributed by atoms with Crippen molar-refractivity contribution in [3.63, 3.8) is 0 Å². The Hall–Kier alpha value is -1.63. The van der Waals surface area contributed by atoms with Gasteiger partial charge in [0.15, 0.2) is 0 Å². The Labute approximate surface area is 180 Å². The minimum Gasteiger partial charge on any atom is -0.381 e. The Morgan fingerprint density at radius 1 is 1.17 bits per heavy atom. The van der Waals surface area contributed by atoms with Crippen LogP contribution < -0.4 is 10.6 Å². The highest BCUT2D eigenvalue weighted by molar-refractivity contribution is 5.98. The summed E-state index contributed by atoms with van der Waals surface area (Å²) in [7, 11) is 0. The van der Waals surface area contributed by atoms with E-state index in [0.717, 1.165) is 69.1 Å². The van der Waals surface area contributed by atoms with E-state index in [1.807, 2.05) is 6.07 Å². The average molecular weight is 416 g/mol. The second kappa shape index (κ2) is 9.67. The molecule has 3 heterocycles. The fraction of sp³-hybridized carbons (Fsp3) is 0.708. The van der Waals surface area contributed by atoms with Crippen LogP contribution in [0.25, 0.3) is 0 Å². The van der Waals surface area contributed by atoms with Crippen molar-refractivity contribution < 1.29 is 14.3 Å². The molecule has 1 amide bonds. The summed E-state index contributed by atoms with van der Waals surface area (Å²) < 4.78 is 12.3. The van der Waals surface area contributed by atoms with Crippen molar-refractivity contribution in [2.75, 3.05) is 57.4 Å². The number of piperidine rings is 1. The number of amides is 1. The molecule has 3 fully saturated rings. The lowest BCUT2D eigenvalue weighted by molar-refractivity contribution is -0.119. The quantitative estimate of drug-likeness (QED) is 0.741. The highest BCUT2D eigenvalue weighted by Gasteiger charge is 2.37. The van der Waals surface area contributed by atoms with Gasteiger partial charge in [0.1, 0.15) is 0 Å². The molecule has 0 saturated carbocycles. The van der Waals surface area contributed by atoms with Crippen molar-refractivity contribution >= 4 is 11.6 Å². The lowest BCUT2D eigenvalue weighted by Gasteiger charge is -2.39. The zero-order chi connectivity index (χ0) is 21.0. The van der Waals surface area contributed by atoms with Gasteiger partial charge in [-0.3, -0.25) is 4.79 Å². The summed E-state index contributed by atoms with van der Waals surface area (Å²) in [5, 5.41) is 0. The van der Waals surface area contributed by atoms with Crippen LogP contribution in [0.15, 0.2) is 18.2 Å². The molecule has 0 radical (unpaired) electrons. The SMILES string of the molecule is CC1CCN(c2cc(C3(OCCN4CCCC4)CCOCC3)ccc2C(N)=O)CC1. The molecule has 0 spiro atoms. The lowest BCUT2D eigenvalue weighted by atomic mass is 9.84. The minimum absolute atomic E-state index is 0.341. The van der Waals surface area contributed by atoms with Gasteiger partial charge in [-0.1, -0.05) is 13.0 Å². The first-order valence-corrected chi connectivity index (χ1v) is 11.7. The molecule has 0 aliphatic carbocycles.